The number of carbonyl (C=O) groups is 1. The number of rotatable bonds is 6. The molecule has 1 amide bonds. The van der Waals surface area contributed by atoms with Gasteiger partial charge in [0.25, 0.3) is 5.91 Å². The third-order valence-corrected chi connectivity index (χ3v) is 7.43. The largest absolute Gasteiger partial charge is 0.378 e. The van der Waals surface area contributed by atoms with Crippen LogP contribution in [0.1, 0.15) is 48.4 Å². The van der Waals surface area contributed by atoms with E-state index in [1.807, 2.05) is 37.4 Å². The van der Waals surface area contributed by atoms with Gasteiger partial charge in [0, 0.05) is 19.5 Å². The van der Waals surface area contributed by atoms with Gasteiger partial charge in [0.15, 0.2) is 11.5 Å². The lowest BCUT2D eigenvalue weighted by Gasteiger charge is -2.29. The number of hydrogen-bond donors (Lipinski definition) is 1. The van der Waals surface area contributed by atoms with Crippen molar-refractivity contribution in [2.24, 2.45) is 0 Å². The number of benzene rings is 1. The Morgan fingerprint density at radius 2 is 1.92 bits per heavy atom. The molecule has 1 aliphatic heterocycles. The standard InChI is InChI=1S/C27H29F2N7O2/c1-4-22-32-23-12-17(13-24(35(23)33-22)34-7-9-38-10-8-34)18-14-21(20(28)11-16(18)2)31-26(37)19-15-30-36(25(19)29)27(3)5-6-27/h11-15H,4-10H2,1-3H3,(H,31,37). The van der Waals surface area contributed by atoms with Crippen LogP contribution in [0.4, 0.5) is 20.3 Å². The smallest absolute Gasteiger partial charge is 0.262 e. The molecular weight excluding hydrogens is 492 g/mol. The second-order valence-electron chi connectivity index (χ2n) is 10.2. The Morgan fingerprint density at radius 3 is 2.63 bits per heavy atom. The maximum atomic E-state index is 15.0. The second kappa shape index (κ2) is 9.16. The zero-order chi connectivity index (χ0) is 26.6. The molecule has 0 spiro atoms. The van der Waals surface area contributed by atoms with Crippen molar-refractivity contribution < 1.29 is 18.3 Å². The molecule has 2 aliphatic rings. The zero-order valence-corrected chi connectivity index (χ0v) is 21.6. The highest BCUT2D eigenvalue weighted by Crippen LogP contribution is 2.43. The average molecular weight is 522 g/mol. The van der Waals surface area contributed by atoms with Crippen LogP contribution in [0, 0.1) is 18.7 Å². The first-order valence-electron chi connectivity index (χ1n) is 12.9. The summed E-state index contributed by atoms with van der Waals surface area (Å²) >= 11 is 0. The van der Waals surface area contributed by atoms with E-state index in [1.54, 1.807) is 6.07 Å². The number of aromatic nitrogens is 5. The normalized spacial score (nSPS) is 16.7. The van der Waals surface area contributed by atoms with Gasteiger partial charge in [0.2, 0.25) is 5.95 Å². The molecule has 1 saturated heterocycles. The summed E-state index contributed by atoms with van der Waals surface area (Å²) in [6.45, 7) is 8.34. The third kappa shape index (κ3) is 4.20. The van der Waals surface area contributed by atoms with Gasteiger partial charge in [-0.3, -0.25) is 4.79 Å². The SMILES string of the molecule is CCc1nc2cc(-c3cc(NC(=O)c4cnn(C5(C)CC5)c4F)c(F)cc3C)cc(N3CCOCC3)n2n1. The van der Waals surface area contributed by atoms with Crippen LogP contribution in [0.25, 0.3) is 16.8 Å². The number of hydrogen-bond acceptors (Lipinski definition) is 6. The number of anilines is 2. The van der Waals surface area contributed by atoms with Crippen molar-refractivity contribution in [3.8, 4) is 11.1 Å². The first kappa shape index (κ1) is 24.5. The third-order valence-electron chi connectivity index (χ3n) is 7.43. The maximum absolute atomic E-state index is 15.0. The Morgan fingerprint density at radius 1 is 1.16 bits per heavy atom. The van der Waals surface area contributed by atoms with Crippen LogP contribution in [0.2, 0.25) is 0 Å². The highest BCUT2D eigenvalue weighted by molar-refractivity contribution is 6.04. The van der Waals surface area contributed by atoms with Crippen LogP contribution in [-0.4, -0.2) is 56.6 Å². The molecule has 38 heavy (non-hydrogen) atoms. The van der Waals surface area contributed by atoms with E-state index in [2.05, 4.69) is 25.4 Å². The van der Waals surface area contributed by atoms with E-state index < -0.39 is 23.2 Å². The van der Waals surface area contributed by atoms with E-state index in [0.29, 0.717) is 43.9 Å². The van der Waals surface area contributed by atoms with E-state index in [0.717, 1.165) is 35.6 Å². The average Bonchev–Trinajstić information content (AvgIpc) is 3.32. The molecule has 11 heteroatoms. The topological polar surface area (TPSA) is 89.6 Å². The molecule has 2 fully saturated rings. The highest BCUT2D eigenvalue weighted by Gasteiger charge is 2.43. The number of aryl methyl sites for hydroxylation is 2. The van der Waals surface area contributed by atoms with Crippen LogP contribution in [0.15, 0.2) is 30.5 Å². The van der Waals surface area contributed by atoms with Crippen LogP contribution >= 0.6 is 0 Å². The Hall–Kier alpha value is -3.86. The fourth-order valence-electron chi connectivity index (χ4n) is 4.86. The molecular formula is C27H29F2N7O2. The predicted octanol–water partition coefficient (Wildman–Crippen LogP) is 4.34. The van der Waals surface area contributed by atoms with E-state index in [4.69, 9.17) is 4.74 Å². The molecule has 6 rings (SSSR count). The predicted molar refractivity (Wildman–Crippen MR) is 139 cm³/mol. The Labute approximate surface area is 218 Å². The van der Waals surface area contributed by atoms with Gasteiger partial charge in [0.05, 0.1) is 30.6 Å². The van der Waals surface area contributed by atoms with Crippen molar-refractivity contribution in [2.75, 3.05) is 36.5 Å². The second-order valence-corrected chi connectivity index (χ2v) is 10.2. The number of halogens is 2. The molecule has 4 heterocycles. The molecule has 9 nitrogen and oxygen atoms in total. The van der Waals surface area contributed by atoms with Crippen molar-refractivity contribution in [1.29, 1.82) is 0 Å². The van der Waals surface area contributed by atoms with Crippen molar-refractivity contribution in [3.05, 3.63) is 59.2 Å². The summed E-state index contributed by atoms with van der Waals surface area (Å²) in [6, 6.07) is 6.86. The molecule has 1 aromatic carbocycles. The number of amides is 1. The number of fused-ring (bicyclic) bond motifs is 1. The summed E-state index contributed by atoms with van der Waals surface area (Å²) in [5.41, 5.74) is 2.24. The minimum Gasteiger partial charge on any atom is -0.378 e. The van der Waals surface area contributed by atoms with Gasteiger partial charge in [-0.1, -0.05) is 6.92 Å². The lowest BCUT2D eigenvalue weighted by molar-refractivity contribution is 0.102. The van der Waals surface area contributed by atoms with Gasteiger partial charge < -0.3 is 15.0 Å². The number of morpholine rings is 1. The summed E-state index contributed by atoms with van der Waals surface area (Å²) in [6.07, 6.45) is 3.48. The van der Waals surface area contributed by atoms with Crippen LogP contribution < -0.4 is 10.2 Å². The molecule has 0 radical (unpaired) electrons. The lowest BCUT2D eigenvalue weighted by Crippen LogP contribution is -2.37. The number of nitrogens with one attached hydrogen (secondary N) is 1. The first-order chi connectivity index (χ1) is 18.3. The van der Waals surface area contributed by atoms with Gasteiger partial charge in [-0.2, -0.15) is 14.0 Å². The van der Waals surface area contributed by atoms with Crippen molar-refractivity contribution >= 4 is 23.1 Å². The van der Waals surface area contributed by atoms with E-state index >= 15 is 4.39 Å². The Kier molecular flexibility index (Phi) is 5.90. The maximum Gasteiger partial charge on any atom is 0.262 e. The fraction of sp³-hybridized carbons (Fsp3) is 0.407. The minimum atomic E-state index is -0.749. The van der Waals surface area contributed by atoms with Crippen molar-refractivity contribution in [2.45, 2.75) is 45.6 Å². The Bertz CT molecular complexity index is 1550. The van der Waals surface area contributed by atoms with Crippen LogP contribution in [0.3, 0.4) is 0 Å². The summed E-state index contributed by atoms with van der Waals surface area (Å²) in [7, 11) is 0. The minimum absolute atomic E-state index is 0.0381. The van der Waals surface area contributed by atoms with Gasteiger partial charge in [-0.05, 0) is 67.6 Å². The van der Waals surface area contributed by atoms with E-state index in [9.17, 15) is 9.18 Å². The lowest BCUT2D eigenvalue weighted by atomic mass is 9.99. The van der Waals surface area contributed by atoms with E-state index in [-0.39, 0.29) is 11.3 Å². The van der Waals surface area contributed by atoms with Gasteiger partial charge >= 0.3 is 0 Å². The van der Waals surface area contributed by atoms with Crippen LogP contribution in [0.5, 0.6) is 0 Å². The molecule has 1 aliphatic carbocycles. The summed E-state index contributed by atoms with van der Waals surface area (Å²) in [5, 5.41) is 11.3. The quantitative estimate of drug-likeness (QED) is 0.406. The molecule has 0 bridgehead atoms. The monoisotopic (exact) mass is 521 g/mol. The van der Waals surface area contributed by atoms with Crippen LogP contribution in [-0.2, 0) is 16.7 Å². The molecule has 0 atom stereocenters. The molecule has 4 aromatic rings. The summed E-state index contributed by atoms with van der Waals surface area (Å²) < 4.78 is 38.6. The summed E-state index contributed by atoms with van der Waals surface area (Å²) in [4.78, 5) is 19.8. The van der Waals surface area contributed by atoms with Crippen molar-refractivity contribution in [3.63, 3.8) is 0 Å². The molecule has 0 unspecified atom stereocenters. The van der Waals surface area contributed by atoms with Gasteiger partial charge in [0.1, 0.15) is 17.2 Å². The highest BCUT2D eigenvalue weighted by atomic mass is 19.1. The van der Waals surface area contributed by atoms with Gasteiger partial charge in [-0.15, -0.1) is 5.10 Å². The van der Waals surface area contributed by atoms with E-state index in [1.165, 1.54) is 16.9 Å². The molecule has 1 N–H and O–H groups in total. The number of pyridine rings is 1. The first-order valence-corrected chi connectivity index (χ1v) is 12.9. The Balaban J connectivity index is 1.38. The fourth-order valence-corrected chi connectivity index (χ4v) is 4.86. The van der Waals surface area contributed by atoms with Gasteiger partial charge in [-0.25, -0.2) is 14.1 Å². The summed E-state index contributed by atoms with van der Waals surface area (Å²) in [5.74, 6) is -0.476. The zero-order valence-electron chi connectivity index (χ0n) is 21.6. The number of nitrogens with zero attached hydrogens (tertiary/aromatic N) is 6. The van der Waals surface area contributed by atoms with Crippen molar-refractivity contribution in [1.82, 2.24) is 24.4 Å². The number of ether oxygens (including phenoxy) is 1. The molecule has 3 aromatic heterocycles. The molecule has 1 saturated carbocycles. The molecule has 198 valence electrons. The number of carbonyl (C=O) groups excluding carboxylic acids is 1.